The number of nitrogens with zero attached hydrogens (tertiary/aromatic N) is 4. The van der Waals surface area contributed by atoms with Gasteiger partial charge in [0.15, 0.2) is 0 Å². The highest BCUT2D eigenvalue weighted by atomic mass is 19.4. The second-order valence-electron chi connectivity index (χ2n) is 10.4. The molecular formula is C28H31F6N5O. The van der Waals surface area contributed by atoms with Gasteiger partial charge in [-0.1, -0.05) is 0 Å². The van der Waals surface area contributed by atoms with Crippen molar-refractivity contribution in [2.24, 2.45) is 5.92 Å². The van der Waals surface area contributed by atoms with Gasteiger partial charge in [0.05, 0.1) is 22.8 Å². The molecule has 1 saturated carbocycles. The second-order valence-corrected chi connectivity index (χ2v) is 10.4. The molecule has 0 spiro atoms. The molecule has 0 bridgehead atoms. The minimum Gasteiger partial charge on any atom is -0.382 e. The highest BCUT2D eigenvalue weighted by Crippen LogP contribution is 2.35. The van der Waals surface area contributed by atoms with E-state index in [9.17, 15) is 31.1 Å². The van der Waals surface area contributed by atoms with E-state index in [-0.39, 0.29) is 11.9 Å². The van der Waals surface area contributed by atoms with Crippen molar-refractivity contribution in [3.05, 3.63) is 53.2 Å². The number of hydrogen-bond donors (Lipinski definition) is 1. The molecule has 0 radical (unpaired) electrons. The fourth-order valence-corrected chi connectivity index (χ4v) is 5.42. The first-order chi connectivity index (χ1) is 18.9. The van der Waals surface area contributed by atoms with E-state index in [1.165, 1.54) is 18.2 Å². The Morgan fingerprint density at radius 3 is 2.35 bits per heavy atom. The SMILES string of the molecule is N#Cc1ccc(NC2CCC(CCC(=O)N3CCCN(c4ccc(C(F)(F)F)cn4)CC3)CC2)cc1C(F)(F)F. The van der Waals surface area contributed by atoms with E-state index in [4.69, 9.17) is 5.26 Å². The summed E-state index contributed by atoms with van der Waals surface area (Å²) in [5, 5.41) is 12.1. The molecule has 2 heterocycles. The van der Waals surface area contributed by atoms with Crippen LogP contribution in [0.2, 0.25) is 0 Å². The van der Waals surface area contributed by atoms with Gasteiger partial charge >= 0.3 is 12.4 Å². The Morgan fingerprint density at radius 2 is 1.73 bits per heavy atom. The van der Waals surface area contributed by atoms with Gasteiger partial charge in [0, 0.05) is 50.5 Å². The first kappa shape index (κ1) is 29.5. The lowest BCUT2D eigenvalue weighted by molar-refractivity contribution is -0.138. The molecule has 1 N–H and O–H groups in total. The van der Waals surface area contributed by atoms with E-state index >= 15 is 0 Å². The molecular weight excluding hydrogens is 536 g/mol. The smallest absolute Gasteiger partial charge is 0.382 e. The van der Waals surface area contributed by atoms with Gasteiger partial charge in [-0.2, -0.15) is 31.6 Å². The molecule has 12 heteroatoms. The molecule has 2 fully saturated rings. The van der Waals surface area contributed by atoms with Gasteiger partial charge in [-0.05, 0) is 74.8 Å². The van der Waals surface area contributed by atoms with Gasteiger partial charge in [0.1, 0.15) is 5.82 Å². The number of amides is 1. The van der Waals surface area contributed by atoms with E-state index in [0.29, 0.717) is 56.4 Å². The largest absolute Gasteiger partial charge is 0.417 e. The summed E-state index contributed by atoms with van der Waals surface area (Å²) in [5.74, 6) is 0.872. The highest BCUT2D eigenvalue weighted by molar-refractivity contribution is 5.76. The van der Waals surface area contributed by atoms with Gasteiger partial charge in [-0.25, -0.2) is 4.98 Å². The van der Waals surface area contributed by atoms with Crippen molar-refractivity contribution in [1.29, 1.82) is 5.26 Å². The van der Waals surface area contributed by atoms with E-state index < -0.39 is 29.0 Å². The number of carbonyl (C=O) groups excluding carboxylic acids is 1. The monoisotopic (exact) mass is 567 g/mol. The van der Waals surface area contributed by atoms with Gasteiger partial charge in [-0.3, -0.25) is 4.79 Å². The number of hydrogen-bond acceptors (Lipinski definition) is 5. The Kier molecular flexibility index (Phi) is 9.11. The summed E-state index contributed by atoms with van der Waals surface area (Å²) >= 11 is 0. The van der Waals surface area contributed by atoms with E-state index in [1.54, 1.807) is 11.0 Å². The standard InChI is InChI=1S/C28H31F6N5O/c29-27(30,31)21-6-10-25(36-18-21)38-12-1-13-39(15-14-38)26(40)11-4-19-2-7-22(8-3-19)37-23-9-5-20(17-35)24(16-23)28(32,33)34/h5-6,9-10,16,18-19,22,37H,1-4,7-8,11-15H2. The normalized spacial score (nSPS) is 20.5. The number of pyridine rings is 1. The van der Waals surface area contributed by atoms with Crippen LogP contribution in [-0.2, 0) is 17.1 Å². The molecule has 40 heavy (non-hydrogen) atoms. The predicted octanol–water partition coefficient (Wildman–Crippen LogP) is 6.48. The van der Waals surface area contributed by atoms with Crippen LogP contribution in [0.25, 0.3) is 0 Å². The zero-order valence-corrected chi connectivity index (χ0v) is 21.9. The second kappa shape index (κ2) is 12.4. The van der Waals surface area contributed by atoms with Crippen LogP contribution >= 0.6 is 0 Å². The Labute approximate surface area is 229 Å². The zero-order chi connectivity index (χ0) is 28.9. The quantitative estimate of drug-likeness (QED) is 0.405. The number of carbonyl (C=O) groups is 1. The molecule has 216 valence electrons. The Hall–Kier alpha value is -3.49. The Morgan fingerprint density at radius 1 is 0.975 bits per heavy atom. The molecule has 1 saturated heterocycles. The highest BCUT2D eigenvalue weighted by Gasteiger charge is 2.34. The van der Waals surface area contributed by atoms with E-state index in [2.05, 4.69) is 10.3 Å². The van der Waals surface area contributed by atoms with Crippen LogP contribution in [0.15, 0.2) is 36.5 Å². The predicted molar refractivity (Wildman–Crippen MR) is 137 cm³/mol. The van der Waals surface area contributed by atoms with Crippen LogP contribution in [0.3, 0.4) is 0 Å². The molecule has 1 aromatic carbocycles. The topological polar surface area (TPSA) is 72.3 Å². The summed E-state index contributed by atoms with van der Waals surface area (Å²) in [7, 11) is 0. The fourth-order valence-electron chi connectivity index (χ4n) is 5.42. The van der Waals surface area contributed by atoms with Crippen LogP contribution < -0.4 is 10.2 Å². The van der Waals surface area contributed by atoms with Crippen LogP contribution in [0.5, 0.6) is 0 Å². The summed E-state index contributed by atoms with van der Waals surface area (Å²) in [6, 6.07) is 7.66. The van der Waals surface area contributed by atoms with E-state index in [1.807, 2.05) is 4.90 Å². The van der Waals surface area contributed by atoms with Gasteiger partial charge in [0.25, 0.3) is 0 Å². The van der Waals surface area contributed by atoms with Crippen molar-refractivity contribution in [2.75, 3.05) is 36.4 Å². The number of benzene rings is 1. The Balaban J connectivity index is 1.21. The molecule has 1 aliphatic carbocycles. The molecule has 1 aromatic heterocycles. The van der Waals surface area contributed by atoms with Crippen molar-refractivity contribution in [2.45, 2.75) is 63.3 Å². The molecule has 1 aliphatic heterocycles. The number of nitrogens with one attached hydrogen (secondary N) is 1. The van der Waals surface area contributed by atoms with Crippen LogP contribution in [0, 0.1) is 17.2 Å². The van der Waals surface area contributed by atoms with E-state index in [0.717, 1.165) is 50.4 Å². The fraction of sp³-hybridized carbons (Fsp3) is 0.536. The van der Waals surface area contributed by atoms with Gasteiger partial charge in [0.2, 0.25) is 5.91 Å². The molecule has 1 amide bonds. The molecule has 2 aromatic rings. The third-order valence-electron chi connectivity index (χ3n) is 7.68. The number of anilines is 2. The number of halogens is 6. The number of rotatable bonds is 6. The minimum absolute atomic E-state index is 0.0244. The molecule has 2 aliphatic rings. The summed E-state index contributed by atoms with van der Waals surface area (Å²) < 4.78 is 78.2. The zero-order valence-electron chi connectivity index (χ0n) is 21.9. The van der Waals surface area contributed by atoms with Crippen LogP contribution in [-0.4, -0.2) is 48.0 Å². The number of nitriles is 1. The molecule has 0 atom stereocenters. The first-order valence-corrected chi connectivity index (χ1v) is 13.4. The molecule has 4 rings (SSSR count). The molecule has 6 nitrogen and oxygen atoms in total. The molecule has 0 unspecified atom stereocenters. The Bertz CT molecular complexity index is 1200. The van der Waals surface area contributed by atoms with Gasteiger partial charge in [-0.15, -0.1) is 0 Å². The van der Waals surface area contributed by atoms with Crippen molar-refractivity contribution in [3.63, 3.8) is 0 Å². The maximum atomic E-state index is 13.2. The maximum Gasteiger partial charge on any atom is 0.417 e. The third-order valence-corrected chi connectivity index (χ3v) is 7.68. The van der Waals surface area contributed by atoms with Crippen molar-refractivity contribution in [1.82, 2.24) is 9.88 Å². The number of aromatic nitrogens is 1. The van der Waals surface area contributed by atoms with Gasteiger partial charge < -0.3 is 15.1 Å². The van der Waals surface area contributed by atoms with Crippen LogP contribution in [0.4, 0.5) is 37.8 Å². The lowest BCUT2D eigenvalue weighted by Crippen LogP contribution is -2.35. The summed E-state index contributed by atoms with van der Waals surface area (Å²) in [4.78, 5) is 20.6. The average Bonchev–Trinajstić information content (AvgIpc) is 3.18. The summed E-state index contributed by atoms with van der Waals surface area (Å²) in [5.41, 5.74) is -1.80. The summed E-state index contributed by atoms with van der Waals surface area (Å²) in [6.07, 6.45) is -3.09. The first-order valence-electron chi connectivity index (χ1n) is 13.4. The lowest BCUT2D eigenvalue weighted by atomic mass is 9.83. The summed E-state index contributed by atoms with van der Waals surface area (Å²) in [6.45, 7) is 2.15. The van der Waals surface area contributed by atoms with Crippen LogP contribution in [0.1, 0.15) is 61.6 Å². The van der Waals surface area contributed by atoms with Crippen molar-refractivity contribution < 1.29 is 31.1 Å². The minimum atomic E-state index is -4.60. The third kappa shape index (κ3) is 7.58. The number of alkyl halides is 6. The van der Waals surface area contributed by atoms with Crippen molar-refractivity contribution >= 4 is 17.4 Å². The average molecular weight is 568 g/mol. The lowest BCUT2D eigenvalue weighted by Gasteiger charge is -2.30. The maximum absolute atomic E-state index is 13.2. The van der Waals surface area contributed by atoms with Crippen molar-refractivity contribution in [3.8, 4) is 6.07 Å².